The van der Waals surface area contributed by atoms with Gasteiger partial charge in [0.15, 0.2) is 0 Å². The highest BCUT2D eigenvalue weighted by atomic mass is 19.4. The number of halogens is 3. The molecule has 0 bridgehead atoms. The van der Waals surface area contributed by atoms with Gasteiger partial charge in [0.05, 0.1) is 23.8 Å². The molecule has 0 aliphatic carbocycles. The van der Waals surface area contributed by atoms with E-state index in [0.29, 0.717) is 17.1 Å². The van der Waals surface area contributed by atoms with Crippen LogP contribution in [-0.2, 0) is 18.5 Å². The number of alkyl halides is 3. The largest absolute Gasteiger partial charge is 0.411 e. The zero-order chi connectivity index (χ0) is 16.3. The Bertz CT molecular complexity index is 662. The van der Waals surface area contributed by atoms with Crippen LogP contribution in [0.15, 0.2) is 18.5 Å². The Balaban J connectivity index is 1.92. The van der Waals surface area contributed by atoms with Gasteiger partial charge in [-0.15, -0.1) is 0 Å². The molecule has 2 aromatic rings. The Morgan fingerprint density at radius 1 is 1.45 bits per heavy atom. The Morgan fingerprint density at radius 2 is 2.18 bits per heavy atom. The average Bonchev–Trinajstić information content (AvgIpc) is 2.94. The third kappa shape index (κ3) is 4.32. The summed E-state index contributed by atoms with van der Waals surface area (Å²) in [5.41, 5.74) is 1.40. The summed E-state index contributed by atoms with van der Waals surface area (Å²) in [5.74, 6) is -0.390. The predicted molar refractivity (Wildman–Crippen MR) is 70.1 cm³/mol. The van der Waals surface area contributed by atoms with Crippen molar-refractivity contribution in [2.75, 3.05) is 11.9 Å². The first-order valence-corrected chi connectivity index (χ1v) is 6.23. The van der Waals surface area contributed by atoms with Crippen LogP contribution in [0.2, 0.25) is 0 Å². The van der Waals surface area contributed by atoms with Gasteiger partial charge in [0.2, 0.25) is 0 Å². The van der Waals surface area contributed by atoms with E-state index in [1.165, 1.54) is 17.1 Å². The van der Waals surface area contributed by atoms with Crippen molar-refractivity contribution in [3.05, 3.63) is 29.8 Å². The second-order valence-corrected chi connectivity index (χ2v) is 4.61. The van der Waals surface area contributed by atoms with Crippen molar-refractivity contribution in [1.82, 2.24) is 19.6 Å². The lowest BCUT2D eigenvalue weighted by molar-refractivity contribution is -0.182. The van der Waals surface area contributed by atoms with Crippen LogP contribution in [0, 0.1) is 6.92 Å². The highest BCUT2D eigenvalue weighted by Gasteiger charge is 2.27. The van der Waals surface area contributed by atoms with Gasteiger partial charge in [0, 0.05) is 7.05 Å². The molecule has 10 heteroatoms. The lowest BCUT2D eigenvalue weighted by Gasteiger charge is -2.07. The van der Waals surface area contributed by atoms with Gasteiger partial charge in [0.1, 0.15) is 19.0 Å². The zero-order valence-electron chi connectivity index (χ0n) is 11.9. The molecule has 0 atom stereocenters. The molecule has 0 saturated heterocycles. The van der Waals surface area contributed by atoms with Crippen LogP contribution in [0.3, 0.4) is 0 Å². The minimum absolute atomic E-state index is 0.347. The Kier molecular flexibility index (Phi) is 4.50. The number of anilines is 1. The van der Waals surface area contributed by atoms with Crippen molar-refractivity contribution in [3.8, 4) is 0 Å². The van der Waals surface area contributed by atoms with E-state index >= 15 is 0 Å². The molecule has 0 spiro atoms. The van der Waals surface area contributed by atoms with Crippen molar-refractivity contribution >= 4 is 11.6 Å². The monoisotopic (exact) mass is 317 g/mol. The molecular formula is C12H14F3N5O2. The van der Waals surface area contributed by atoms with E-state index in [1.54, 1.807) is 20.0 Å². The van der Waals surface area contributed by atoms with Crippen LogP contribution >= 0.6 is 0 Å². The van der Waals surface area contributed by atoms with Crippen LogP contribution in [-0.4, -0.2) is 38.3 Å². The number of nitrogens with one attached hydrogen (secondary N) is 1. The highest BCUT2D eigenvalue weighted by molar-refractivity contribution is 6.02. The molecule has 1 N–H and O–H groups in total. The van der Waals surface area contributed by atoms with E-state index in [0.717, 1.165) is 4.68 Å². The van der Waals surface area contributed by atoms with Gasteiger partial charge < -0.3 is 10.1 Å². The summed E-state index contributed by atoms with van der Waals surface area (Å²) in [6, 6.07) is 1.62. The summed E-state index contributed by atoms with van der Waals surface area (Å²) in [5, 5.41) is 10.4. The third-order valence-electron chi connectivity index (χ3n) is 2.62. The number of carbonyl (C=O) groups is 1. The second-order valence-electron chi connectivity index (χ2n) is 4.61. The van der Waals surface area contributed by atoms with Crippen LogP contribution in [0.4, 0.5) is 18.9 Å². The molecule has 0 unspecified atom stereocenters. The molecule has 0 radical (unpaired) electrons. The van der Waals surface area contributed by atoms with E-state index < -0.39 is 12.8 Å². The molecular weight excluding hydrogens is 303 g/mol. The lowest BCUT2D eigenvalue weighted by Crippen LogP contribution is -2.18. The van der Waals surface area contributed by atoms with E-state index in [9.17, 15) is 18.0 Å². The van der Waals surface area contributed by atoms with Crippen LogP contribution in [0.1, 0.15) is 16.2 Å². The van der Waals surface area contributed by atoms with Gasteiger partial charge in [-0.25, -0.2) is 4.68 Å². The Morgan fingerprint density at radius 3 is 2.77 bits per heavy atom. The molecule has 0 aliphatic heterocycles. The fraction of sp³-hybridized carbons (Fsp3) is 0.417. The topological polar surface area (TPSA) is 74.0 Å². The van der Waals surface area contributed by atoms with Gasteiger partial charge in [-0.3, -0.25) is 9.48 Å². The quantitative estimate of drug-likeness (QED) is 0.911. The van der Waals surface area contributed by atoms with Gasteiger partial charge in [-0.05, 0) is 13.0 Å². The number of amides is 1. The van der Waals surface area contributed by atoms with Crippen LogP contribution < -0.4 is 5.32 Å². The molecule has 2 rings (SSSR count). The predicted octanol–water partition coefficient (Wildman–Crippen LogP) is 1.71. The van der Waals surface area contributed by atoms with Crippen molar-refractivity contribution in [3.63, 3.8) is 0 Å². The first kappa shape index (κ1) is 16.0. The van der Waals surface area contributed by atoms with Gasteiger partial charge in [-0.2, -0.15) is 23.4 Å². The van der Waals surface area contributed by atoms with E-state index in [-0.39, 0.29) is 12.6 Å². The fourth-order valence-corrected chi connectivity index (χ4v) is 1.77. The second kappa shape index (κ2) is 6.18. The number of carbonyl (C=O) groups excluding carboxylic acids is 1. The maximum atomic E-state index is 12.0. The molecule has 22 heavy (non-hydrogen) atoms. The highest BCUT2D eigenvalue weighted by Crippen LogP contribution is 2.15. The van der Waals surface area contributed by atoms with Gasteiger partial charge in [-0.1, -0.05) is 0 Å². The number of nitrogens with zero attached hydrogens (tertiary/aromatic N) is 4. The normalized spacial score (nSPS) is 11.7. The Labute approximate surface area is 123 Å². The molecule has 2 aromatic heterocycles. The lowest BCUT2D eigenvalue weighted by atomic mass is 10.3. The maximum absolute atomic E-state index is 12.0. The van der Waals surface area contributed by atoms with Crippen molar-refractivity contribution < 1.29 is 22.7 Å². The molecule has 120 valence electrons. The molecule has 1 amide bonds. The van der Waals surface area contributed by atoms with Gasteiger partial charge in [0.25, 0.3) is 5.91 Å². The fourth-order valence-electron chi connectivity index (χ4n) is 1.77. The summed E-state index contributed by atoms with van der Waals surface area (Å²) in [6.07, 6.45) is -1.70. The first-order valence-electron chi connectivity index (χ1n) is 6.23. The average molecular weight is 317 g/mol. The van der Waals surface area contributed by atoms with Crippen LogP contribution in [0.5, 0.6) is 0 Å². The summed E-state index contributed by atoms with van der Waals surface area (Å²) < 4.78 is 42.9. The zero-order valence-corrected chi connectivity index (χ0v) is 11.9. The molecule has 0 fully saturated rings. The smallest absolute Gasteiger partial charge is 0.350 e. The standard InChI is InChI=1S/C12H14F3N5O2/c1-8-3-10(19(2)18-8)11(21)17-9-4-16-20(5-9)7-22-6-12(13,14)15/h3-5H,6-7H2,1-2H3,(H,17,21). The van der Waals surface area contributed by atoms with Crippen LogP contribution in [0.25, 0.3) is 0 Å². The molecule has 7 nitrogen and oxygen atoms in total. The minimum atomic E-state index is -4.39. The Hall–Kier alpha value is -2.36. The maximum Gasteiger partial charge on any atom is 0.411 e. The molecule has 0 aliphatic rings. The number of hydrogen-bond donors (Lipinski definition) is 1. The molecule has 0 saturated carbocycles. The number of ether oxygens (including phenoxy) is 1. The minimum Gasteiger partial charge on any atom is -0.350 e. The molecule has 0 aromatic carbocycles. The summed E-state index contributed by atoms with van der Waals surface area (Å²) >= 11 is 0. The van der Waals surface area contributed by atoms with E-state index in [2.05, 4.69) is 20.3 Å². The summed E-state index contributed by atoms with van der Waals surface area (Å²) in [7, 11) is 1.64. The van der Waals surface area contributed by atoms with Crippen molar-refractivity contribution in [1.29, 1.82) is 0 Å². The van der Waals surface area contributed by atoms with Crippen molar-refractivity contribution in [2.45, 2.75) is 19.8 Å². The van der Waals surface area contributed by atoms with Crippen molar-refractivity contribution in [2.24, 2.45) is 7.05 Å². The first-order chi connectivity index (χ1) is 10.2. The summed E-state index contributed by atoms with van der Waals surface area (Å²) in [6.45, 7) is 0.0375. The third-order valence-corrected chi connectivity index (χ3v) is 2.62. The molecule has 2 heterocycles. The number of aryl methyl sites for hydroxylation is 2. The summed E-state index contributed by atoms with van der Waals surface area (Å²) in [4.78, 5) is 12.0. The van der Waals surface area contributed by atoms with Gasteiger partial charge >= 0.3 is 6.18 Å². The SMILES string of the molecule is Cc1cc(C(=O)Nc2cnn(COCC(F)(F)F)c2)n(C)n1. The number of rotatable bonds is 5. The van der Waals surface area contributed by atoms with E-state index in [4.69, 9.17) is 0 Å². The number of aromatic nitrogens is 4. The van der Waals surface area contributed by atoms with E-state index in [1.807, 2.05) is 0 Å². The number of hydrogen-bond acceptors (Lipinski definition) is 4.